The van der Waals surface area contributed by atoms with Gasteiger partial charge in [0.15, 0.2) is 5.78 Å². The molecule has 5 nitrogen and oxygen atoms in total. The molecule has 0 amide bonds. The van der Waals surface area contributed by atoms with Crippen LogP contribution in [0.15, 0.2) is 66.9 Å². The Morgan fingerprint density at radius 2 is 1.48 bits per heavy atom. The second kappa shape index (κ2) is 11.4. The average Bonchev–Trinajstić information content (AvgIpc) is 3.32. The van der Waals surface area contributed by atoms with Crippen LogP contribution < -0.4 is 9.80 Å². The maximum absolute atomic E-state index is 13.3. The van der Waals surface area contributed by atoms with Gasteiger partial charge in [-0.25, -0.2) is 4.98 Å². The van der Waals surface area contributed by atoms with E-state index in [0.29, 0.717) is 24.2 Å². The number of piperazine rings is 1. The van der Waals surface area contributed by atoms with Crippen LogP contribution in [0.1, 0.15) is 53.1 Å². The maximum atomic E-state index is 13.3. The molecule has 1 aliphatic heterocycles. The summed E-state index contributed by atoms with van der Waals surface area (Å²) >= 11 is 0. The second-order valence-electron chi connectivity index (χ2n) is 10.8. The molecule has 3 heterocycles. The minimum atomic E-state index is -4.49. The summed E-state index contributed by atoms with van der Waals surface area (Å²) in [6, 6.07) is 19.5. The van der Waals surface area contributed by atoms with Gasteiger partial charge in [0.1, 0.15) is 11.3 Å². The van der Waals surface area contributed by atoms with Crippen molar-refractivity contribution in [2.75, 3.05) is 36.0 Å². The number of hydrogen-bond donors (Lipinski definition) is 0. The molecule has 1 atom stereocenters. The van der Waals surface area contributed by atoms with Gasteiger partial charge in [0.05, 0.1) is 11.3 Å². The number of aromatic nitrogens is 2. The lowest BCUT2D eigenvalue weighted by atomic mass is 9.94. The topological polar surface area (TPSA) is 40.9 Å². The van der Waals surface area contributed by atoms with Crippen molar-refractivity contribution in [1.29, 1.82) is 0 Å². The van der Waals surface area contributed by atoms with Crippen LogP contribution in [0.4, 0.5) is 24.5 Å². The van der Waals surface area contributed by atoms with Crippen molar-refractivity contribution in [3.8, 4) is 0 Å². The SMILES string of the molecule is CCc1nc2ccc(C(F)(F)F)cn2c1C(=O)C[C@@H](C)Cc1ccc(N2CCN(c3ccc(C)cc3)CC2)cc1. The Morgan fingerprint density at radius 3 is 2.02 bits per heavy atom. The Labute approximate surface area is 233 Å². The van der Waals surface area contributed by atoms with Crippen molar-refractivity contribution >= 4 is 22.8 Å². The third kappa shape index (κ3) is 6.01. The molecule has 8 heteroatoms. The van der Waals surface area contributed by atoms with Crippen LogP contribution in [-0.2, 0) is 19.0 Å². The standard InChI is InChI=1S/C32H35F3N4O/c1-4-28-31(39-21-25(32(33,34)35)9-14-30(39)36-28)29(40)20-23(3)19-24-7-12-27(13-8-24)38-17-15-37(16-18-38)26-10-5-22(2)6-11-26/h5-14,21,23H,4,15-20H2,1-3H3/t23-/m0/s1. The van der Waals surface area contributed by atoms with E-state index in [1.165, 1.54) is 27.4 Å². The predicted octanol–water partition coefficient (Wildman–Crippen LogP) is 7.00. The van der Waals surface area contributed by atoms with Gasteiger partial charge >= 0.3 is 6.18 Å². The molecular formula is C32H35F3N4O. The van der Waals surface area contributed by atoms with Gasteiger partial charge in [0, 0.05) is 50.2 Å². The molecule has 0 radical (unpaired) electrons. The van der Waals surface area contributed by atoms with E-state index in [4.69, 9.17) is 0 Å². The number of carbonyl (C=O) groups excluding carboxylic acids is 1. The summed E-state index contributed by atoms with van der Waals surface area (Å²) in [6.45, 7) is 9.81. The number of aryl methyl sites for hydroxylation is 2. The molecule has 1 fully saturated rings. The summed E-state index contributed by atoms with van der Waals surface area (Å²) in [5.41, 5.74) is 5.21. The maximum Gasteiger partial charge on any atom is 0.417 e. The minimum absolute atomic E-state index is 0.0254. The van der Waals surface area contributed by atoms with Crippen LogP contribution in [0.2, 0.25) is 0 Å². The summed E-state index contributed by atoms with van der Waals surface area (Å²) in [4.78, 5) is 22.5. The highest BCUT2D eigenvalue weighted by Crippen LogP contribution is 2.30. The van der Waals surface area contributed by atoms with E-state index in [9.17, 15) is 18.0 Å². The smallest absolute Gasteiger partial charge is 0.368 e. The molecular weight excluding hydrogens is 513 g/mol. The lowest BCUT2D eigenvalue weighted by Gasteiger charge is -2.37. The summed E-state index contributed by atoms with van der Waals surface area (Å²) in [5, 5.41) is 0. The Hall–Kier alpha value is -3.81. The number of imidazole rings is 1. The van der Waals surface area contributed by atoms with E-state index in [1.807, 2.05) is 13.8 Å². The molecule has 0 bridgehead atoms. The number of halogens is 3. The lowest BCUT2D eigenvalue weighted by molar-refractivity contribution is -0.137. The van der Waals surface area contributed by atoms with E-state index in [-0.39, 0.29) is 23.8 Å². The number of nitrogens with zero attached hydrogens (tertiary/aromatic N) is 4. The van der Waals surface area contributed by atoms with Gasteiger partial charge in [-0.2, -0.15) is 13.2 Å². The normalized spacial score (nSPS) is 15.1. The lowest BCUT2D eigenvalue weighted by Crippen LogP contribution is -2.46. The number of anilines is 2. The van der Waals surface area contributed by atoms with Gasteiger partial charge in [0.25, 0.3) is 0 Å². The molecule has 1 saturated heterocycles. The van der Waals surface area contributed by atoms with E-state index in [2.05, 4.69) is 70.2 Å². The van der Waals surface area contributed by atoms with Crippen molar-refractivity contribution in [1.82, 2.24) is 9.38 Å². The van der Waals surface area contributed by atoms with Gasteiger partial charge in [-0.3, -0.25) is 9.20 Å². The number of hydrogen-bond acceptors (Lipinski definition) is 4. The number of benzene rings is 2. The molecule has 1 aliphatic rings. The Balaban J connectivity index is 1.20. The highest BCUT2D eigenvalue weighted by Gasteiger charge is 2.32. The first-order valence-electron chi connectivity index (χ1n) is 13.9. The fraction of sp³-hybridized carbons (Fsp3) is 0.375. The van der Waals surface area contributed by atoms with E-state index < -0.39 is 11.7 Å². The molecule has 40 heavy (non-hydrogen) atoms. The van der Waals surface area contributed by atoms with Gasteiger partial charge in [0.2, 0.25) is 0 Å². The van der Waals surface area contributed by atoms with E-state index in [0.717, 1.165) is 44.0 Å². The van der Waals surface area contributed by atoms with Crippen LogP contribution in [0.5, 0.6) is 0 Å². The molecule has 0 N–H and O–H groups in total. The van der Waals surface area contributed by atoms with Gasteiger partial charge in [-0.05, 0) is 67.6 Å². The summed E-state index contributed by atoms with van der Waals surface area (Å²) < 4.78 is 41.2. The number of ketones is 1. The molecule has 4 aromatic rings. The fourth-order valence-electron chi connectivity index (χ4n) is 5.51. The molecule has 2 aromatic heterocycles. The molecule has 5 rings (SSSR count). The average molecular weight is 549 g/mol. The molecule has 210 valence electrons. The zero-order valence-electron chi connectivity index (χ0n) is 23.2. The highest BCUT2D eigenvalue weighted by molar-refractivity contribution is 5.96. The first kappa shape index (κ1) is 27.7. The summed E-state index contributed by atoms with van der Waals surface area (Å²) in [7, 11) is 0. The monoisotopic (exact) mass is 548 g/mol. The molecule has 0 saturated carbocycles. The molecule has 0 unspecified atom stereocenters. The first-order chi connectivity index (χ1) is 19.1. The molecule has 2 aromatic carbocycles. The van der Waals surface area contributed by atoms with Crippen LogP contribution >= 0.6 is 0 Å². The Morgan fingerprint density at radius 1 is 0.900 bits per heavy atom. The number of rotatable bonds is 8. The van der Waals surface area contributed by atoms with Crippen molar-refractivity contribution in [3.63, 3.8) is 0 Å². The van der Waals surface area contributed by atoms with Gasteiger partial charge in [-0.1, -0.05) is 43.7 Å². The zero-order valence-corrected chi connectivity index (χ0v) is 23.2. The van der Waals surface area contributed by atoms with E-state index in [1.54, 1.807) is 0 Å². The van der Waals surface area contributed by atoms with Crippen LogP contribution in [0, 0.1) is 12.8 Å². The third-order valence-electron chi connectivity index (χ3n) is 7.72. The zero-order chi connectivity index (χ0) is 28.4. The summed E-state index contributed by atoms with van der Waals surface area (Å²) in [5.74, 6) is -0.156. The summed E-state index contributed by atoms with van der Waals surface area (Å²) in [6.07, 6.45) is -2.09. The fourth-order valence-corrected chi connectivity index (χ4v) is 5.51. The van der Waals surface area contributed by atoms with Gasteiger partial charge < -0.3 is 9.80 Å². The Kier molecular flexibility index (Phi) is 7.88. The highest BCUT2D eigenvalue weighted by atomic mass is 19.4. The minimum Gasteiger partial charge on any atom is -0.368 e. The molecule has 0 spiro atoms. The first-order valence-corrected chi connectivity index (χ1v) is 13.9. The van der Waals surface area contributed by atoms with Crippen LogP contribution in [0.3, 0.4) is 0 Å². The van der Waals surface area contributed by atoms with Crippen molar-refractivity contribution < 1.29 is 18.0 Å². The van der Waals surface area contributed by atoms with Crippen LogP contribution in [0.25, 0.3) is 5.65 Å². The number of fused-ring (bicyclic) bond motifs is 1. The number of carbonyl (C=O) groups is 1. The van der Waals surface area contributed by atoms with Crippen molar-refractivity contribution in [2.24, 2.45) is 5.92 Å². The quantitative estimate of drug-likeness (QED) is 0.222. The van der Waals surface area contributed by atoms with Gasteiger partial charge in [-0.15, -0.1) is 0 Å². The van der Waals surface area contributed by atoms with Crippen molar-refractivity contribution in [2.45, 2.75) is 46.2 Å². The van der Waals surface area contributed by atoms with E-state index >= 15 is 0 Å². The largest absolute Gasteiger partial charge is 0.417 e. The number of pyridine rings is 1. The predicted molar refractivity (Wildman–Crippen MR) is 153 cm³/mol. The van der Waals surface area contributed by atoms with Crippen LogP contribution in [-0.4, -0.2) is 41.3 Å². The second-order valence-corrected chi connectivity index (χ2v) is 10.8. The number of Topliss-reactive ketones (excluding diaryl/α,β-unsaturated/α-hetero) is 1. The number of alkyl halides is 3. The molecule has 0 aliphatic carbocycles. The van der Waals surface area contributed by atoms with Crippen molar-refractivity contribution in [3.05, 3.63) is 94.9 Å². The Bertz CT molecular complexity index is 1470. The third-order valence-corrected chi connectivity index (χ3v) is 7.72.